The van der Waals surface area contributed by atoms with Crippen LogP contribution in [0.5, 0.6) is 0 Å². The van der Waals surface area contributed by atoms with Gasteiger partial charge in [0.1, 0.15) is 0 Å². The summed E-state index contributed by atoms with van der Waals surface area (Å²) in [5.74, 6) is 1.47. The highest BCUT2D eigenvalue weighted by molar-refractivity contribution is 6.17. The second-order valence-electron chi connectivity index (χ2n) is 6.40. The van der Waals surface area contributed by atoms with Gasteiger partial charge >= 0.3 is 0 Å². The highest BCUT2D eigenvalue weighted by atomic mass is 35.5. The molecule has 2 aliphatic carbocycles. The lowest BCUT2D eigenvalue weighted by atomic mass is 9.81. The molecule has 0 fully saturated rings. The van der Waals surface area contributed by atoms with Crippen LogP contribution in [0.1, 0.15) is 42.7 Å². The molecule has 0 radical (unpaired) electrons. The van der Waals surface area contributed by atoms with Crippen molar-refractivity contribution in [3.8, 4) is 11.1 Å². The smallest absolute Gasteiger partial charge is 0.0223 e. The van der Waals surface area contributed by atoms with Crippen LogP contribution in [0.2, 0.25) is 0 Å². The third kappa shape index (κ3) is 2.30. The molecule has 2 aliphatic rings. The molecule has 1 heteroatoms. The summed E-state index contributed by atoms with van der Waals surface area (Å²) in [5, 5.41) is 2.96. The van der Waals surface area contributed by atoms with Crippen LogP contribution in [0.4, 0.5) is 0 Å². The first-order valence-corrected chi connectivity index (χ1v) is 8.89. The summed E-state index contributed by atoms with van der Waals surface area (Å²) >= 11 is 5.91. The van der Waals surface area contributed by atoms with Gasteiger partial charge in [-0.2, -0.15) is 0 Å². The van der Waals surface area contributed by atoms with E-state index in [0.717, 1.165) is 18.7 Å². The summed E-state index contributed by atoms with van der Waals surface area (Å²) in [4.78, 5) is 0. The lowest BCUT2D eigenvalue weighted by Gasteiger charge is -2.24. The molecule has 4 rings (SSSR count). The van der Waals surface area contributed by atoms with E-state index in [1.807, 2.05) is 0 Å². The van der Waals surface area contributed by atoms with E-state index >= 15 is 0 Å². The molecule has 1 unspecified atom stereocenters. The first-order valence-electron chi connectivity index (χ1n) is 8.36. The highest BCUT2D eigenvalue weighted by Crippen LogP contribution is 2.30. The number of fused-ring (bicyclic) bond motifs is 5. The topological polar surface area (TPSA) is 0 Å². The normalized spacial score (nSPS) is 18.5. The largest absolute Gasteiger partial charge is 0.127 e. The molecule has 0 N–H and O–H groups in total. The van der Waals surface area contributed by atoms with Crippen LogP contribution in [0.25, 0.3) is 23.3 Å². The Hall–Kier alpha value is -1.53. The van der Waals surface area contributed by atoms with Crippen molar-refractivity contribution in [2.75, 3.05) is 5.88 Å². The number of hydrogen-bond donors (Lipinski definition) is 0. The van der Waals surface area contributed by atoms with Gasteiger partial charge in [-0.25, -0.2) is 0 Å². The molecule has 0 spiro atoms. The third-order valence-electron chi connectivity index (χ3n) is 5.14. The Morgan fingerprint density at radius 3 is 2.77 bits per heavy atom. The molecule has 0 aromatic heterocycles. The predicted molar refractivity (Wildman–Crippen MR) is 95.7 cm³/mol. The van der Waals surface area contributed by atoms with E-state index in [9.17, 15) is 0 Å². The first kappa shape index (κ1) is 14.1. The summed E-state index contributed by atoms with van der Waals surface area (Å²) in [6.45, 7) is 0. The zero-order valence-corrected chi connectivity index (χ0v) is 13.6. The van der Waals surface area contributed by atoms with Gasteiger partial charge in [-0.3, -0.25) is 0 Å². The third-order valence-corrected chi connectivity index (χ3v) is 5.41. The lowest BCUT2D eigenvalue weighted by molar-refractivity contribution is 0.569. The number of hydrogen-bond acceptors (Lipinski definition) is 0. The maximum absolute atomic E-state index is 5.91. The Kier molecular flexibility index (Phi) is 3.80. The maximum Gasteiger partial charge on any atom is 0.0223 e. The minimum atomic E-state index is 0.689. The van der Waals surface area contributed by atoms with Crippen LogP contribution in [0, 0.1) is 0 Å². The van der Waals surface area contributed by atoms with Crippen LogP contribution >= 0.6 is 11.6 Å². The van der Waals surface area contributed by atoms with Crippen molar-refractivity contribution in [2.45, 2.75) is 38.0 Å². The summed E-state index contributed by atoms with van der Waals surface area (Å²) in [7, 11) is 0. The van der Waals surface area contributed by atoms with Crippen molar-refractivity contribution in [3.05, 3.63) is 58.0 Å². The molecule has 0 bridgehead atoms. The van der Waals surface area contributed by atoms with E-state index in [0.29, 0.717) is 5.92 Å². The van der Waals surface area contributed by atoms with Crippen molar-refractivity contribution >= 4 is 23.8 Å². The number of rotatable bonds is 3. The van der Waals surface area contributed by atoms with Crippen molar-refractivity contribution < 1.29 is 0 Å². The fourth-order valence-corrected chi connectivity index (χ4v) is 4.23. The van der Waals surface area contributed by atoms with Crippen LogP contribution in [0.15, 0.2) is 36.4 Å². The summed E-state index contributed by atoms with van der Waals surface area (Å²) in [6.07, 6.45) is 10.8. The fraction of sp³-hybridized carbons (Fsp3) is 0.333. The van der Waals surface area contributed by atoms with Crippen molar-refractivity contribution in [1.29, 1.82) is 0 Å². The zero-order valence-electron chi connectivity index (χ0n) is 12.8. The molecule has 0 aliphatic heterocycles. The molecule has 0 saturated heterocycles. The SMILES string of the molecule is ClCCCC1CCC=c2c1ccc1c2=CCc2ccccc2-1. The molecule has 22 heavy (non-hydrogen) atoms. The van der Waals surface area contributed by atoms with Crippen molar-refractivity contribution in [3.63, 3.8) is 0 Å². The second kappa shape index (κ2) is 5.93. The molecule has 2 aromatic rings. The monoisotopic (exact) mass is 308 g/mol. The van der Waals surface area contributed by atoms with Crippen LogP contribution < -0.4 is 10.4 Å². The second-order valence-corrected chi connectivity index (χ2v) is 6.78. The minimum Gasteiger partial charge on any atom is -0.127 e. The zero-order chi connectivity index (χ0) is 14.9. The van der Waals surface area contributed by atoms with Gasteiger partial charge in [-0.15, -0.1) is 11.6 Å². The van der Waals surface area contributed by atoms with E-state index in [1.165, 1.54) is 46.4 Å². The van der Waals surface area contributed by atoms with E-state index in [2.05, 4.69) is 48.6 Å². The molecule has 0 amide bonds. The molecule has 0 nitrogen and oxygen atoms in total. The Morgan fingerprint density at radius 2 is 1.86 bits per heavy atom. The Bertz CT molecular complexity index is 816. The fourth-order valence-electron chi connectivity index (χ4n) is 4.07. The molecular formula is C21H21Cl. The standard InChI is InChI=1S/C21H21Cl/c22-14-4-7-15-6-3-9-19-18(15)12-13-20-17-8-2-1-5-16(17)10-11-21(19)20/h1-2,5,8-9,11-13,15H,3-4,6-7,10,14H2. The summed E-state index contributed by atoms with van der Waals surface area (Å²) in [6, 6.07) is 13.5. The van der Waals surface area contributed by atoms with E-state index in [4.69, 9.17) is 11.6 Å². The van der Waals surface area contributed by atoms with Gasteiger partial charge in [-0.1, -0.05) is 48.6 Å². The van der Waals surface area contributed by atoms with E-state index in [1.54, 1.807) is 5.56 Å². The van der Waals surface area contributed by atoms with Crippen molar-refractivity contribution in [1.82, 2.24) is 0 Å². The van der Waals surface area contributed by atoms with Gasteiger partial charge in [0, 0.05) is 5.88 Å². The number of benzene rings is 2. The van der Waals surface area contributed by atoms with E-state index < -0.39 is 0 Å². The number of halogens is 1. The van der Waals surface area contributed by atoms with Crippen molar-refractivity contribution in [2.24, 2.45) is 0 Å². The number of alkyl halides is 1. The summed E-state index contributed by atoms with van der Waals surface area (Å²) < 4.78 is 0. The Morgan fingerprint density at radius 1 is 0.955 bits per heavy atom. The van der Waals surface area contributed by atoms with Gasteiger partial charge in [0.15, 0.2) is 0 Å². The lowest BCUT2D eigenvalue weighted by Crippen LogP contribution is -2.35. The van der Waals surface area contributed by atoms with Crippen LogP contribution in [-0.4, -0.2) is 5.88 Å². The summed E-state index contributed by atoms with van der Waals surface area (Å²) in [5.41, 5.74) is 5.82. The average molecular weight is 309 g/mol. The molecular weight excluding hydrogens is 288 g/mol. The maximum atomic E-state index is 5.91. The first-order chi connectivity index (χ1) is 10.9. The molecule has 0 saturated carbocycles. The molecule has 112 valence electrons. The molecule has 1 atom stereocenters. The predicted octanol–water partition coefficient (Wildman–Crippen LogP) is 4.37. The molecule has 2 aromatic carbocycles. The van der Waals surface area contributed by atoms with Gasteiger partial charge < -0.3 is 0 Å². The van der Waals surface area contributed by atoms with Gasteiger partial charge in [0.05, 0.1) is 0 Å². The quantitative estimate of drug-likeness (QED) is 0.739. The highest BCUT2D eigenvalue weighted by Gasteiger charge is 2.19. The van der Waals surface area contributed by atoms with Crippen LogP contribution in [-0.2, 0) is 6.42 Å². The van der Waals surface area contributed by atoms with Gasteiger partial charge in [0.2, 0.25) is 0 Å². The van der Waals surface area contributed by atoms with Gasteiger partial charge in [-0.05, 0) is 70.7 Å². The van der Waals surface area contributed by atoms with Crippen LogP contribution in [0.3, 0.4) is 0 Å². The minimum absolute atomic E-state index is 0.689. The Balaban J connectivity index is 1.87. The average Bonchev–Trinajstić information content (AvgIpc) is 2.59. The van der Waals surface area contributed by atoms with Gasteiger partial charge in [0.25, 0.3) is 0 Å². The Labute approximate surface area is 137 Å². The van der Waals surface area contributed by atoms with E-state index in [-0.39, 0.29) is 0 Å². The molecule has 0 heterocycles.